The summed E-state index contributed by atoms with van der Waals surface area (Å²) < 4.78 is 0. The molecule has 2 heteroatoms. The SMILES string of the molecule is Cc1ccc(CNC2=CC(=O)CCC2)cc1. The fraction of sp³-hybridized carbons (Fsp3) is 0.357. The number of rotatable bonds is 3. The molecule has 16 heavy (non-hydrogen) atoms. The molecule has 0 spiro atoms. The Bertz CT molecular complexity index is 403. The molecule has 2 nitrogen and oxygen atoms in total. The molecule has 0 atom stereocenters. The van der Waals surface area contributed by atoms with Crippen LogP contribution in [-0.2, 0) is 11.3 Å². The quantitative estimate of drug-likeness (QED) is 0.840. The largest absolute Gasteiger partial charge is 0.384 e. The Labute approximate surface area is 96.4 Å². The van der Waals surface area contributed by atoms with E-state index in [-0.39, 0.29) is 5.78 Å². The lowest BCUT2D eigenvalue weighted by atomic mass is 10.0. The molecule has 0 aliphatic heterocycles. The van der Waals surface area contributed by atoms with Crippen molar-refractivity contribution < 1.29 is 4.79 Å². The minimum Gasteiger partial charge on any atom is -0.384 e. The van der Waals surface area contributed by atoms with Gasteiger partial charge < -0.3 is 5.32 Å². The summed E-state index contributed by atoms with van der Waals surface area (Å²) in [6.07, 6.45) is 4.43. The maximum atomic E-state index is 11.2. The van der Waals surface area contributed by atoms with Gasteiger partial charge in [-0.15, -0.1) is 0 Å². The van der Waals surface area contributed by atoms with Crippen LogP contribution in [0.15, 0.2) is 36.0 Å². The van der Waals surface area contributed by atoms with Gasteiger partial charge >= 0.3 is 0 Å². The maximum absolute atomic E-state index is 11.2. The van der Waals surface area contributed by atoms with E-state index in [0.29, 0.717) is 6.42 Å². The molecule has 84 valence electrons. The summed E-state index contributed by atoms with van der Waals surface area (Å²) in [4.78, 5) is 11.2. The average molecular weight is 215 g/mol. The highest BCUT2D eigenvalue weighted by molar-refractivity contribution is 5.91. The predicted molar refractivity (Wildman–Crippen MR) is 65.0 cm³/mol. The van der Waals surface area contributed by atoms with Gasteiger partial charge in [-0.05, 0) is 25.3 Å². The molecule has 0 bridgehead atoms. The summed E-state index contributed by atoms with van der Waals surface area (Å²) >= 11 is 0. The molecule has 2 rings (SSSR count). The molecule has 1 aromatic rings. The number of allylic oxidation sites excluding steroid dienone is 2. The Kier molecular flexibility index (Phi) is 3.40. The first-order chi connectivity index (χ1) is 7.74. The van der Waals surface area contributed by atoms with Gasteiger partial charge in [0.15, 0.2) is 5.78 Å². The van der Waals surface area contributed by atoms with Gasteiger partial charge in [-0.1, -0.05) is 29.8 Å². The molecular formula is C14H17NO. The third-order valence-corrected chi connectivity index (χ3v) is 2.84. The van der Waals surface area contributed by atoms with Crippen molar-refractivity contribution >= 4 is 5.78 Å². The number of hydrogen-bond acceptors (Lipinski definition) is 2. The van der Waals surface area contributed by atoms with Crippen LogP contribution in [0.25, 0.3) is 0 Å². The highest BCUT2D eigenvalue weighted by Gasteiger charge is 2.08. The van der Waals surface area contributed by atoms with E-state index in [2.05, 4.69) is 36.5 Å². The number of carbonyl (C=O) groups excluding carboxylic acids is 1. The molecule has 1 aromatic carbocycles. The van der Waals surface area contributed by atoms with Gasteiger partial charge in [-0.2, -0.15) is 0 Å². The van der Waals surface area contributed by atoms with Crippen molar-refractivity contribution in [1.29, 1.82) is 0 Å². The third-order valence-electron chi connectivity index (χ3n) is 2.84. The fourth-order valence-corrected chi connectivity index (χ4v) is 1.85. The molecule has 1 N–H and O–H groups in total. The Morgan fingerprint density at radius 3 is 2.62 bits per heavy atom. The average Bonchev–Trinajstić information content (AvgIpc) is 2.28. The third kappa shape index (κ3) is 2.96. The normalized spacial score (nSPS) is 15.8. The van der Waals surface area contributed by atoms with Crippen LogP contribution >= 0.6 is 0 Å². The molecule has 0 saturated heterocycles. The number of ketones is 1. The van der Waals surface area contributed by atoms with Gasteiger partial charge in [-0.25, -0.2) is 0 Å². The summed E-state index contributed by atoms with van der Waals surface area (Å²) in [6.45, 7) is 2.89. The lowest BCUT2D eigenvalue weighted by Crippen LogP contribution is -2.17. The number of benzene rings is 1. The molecule has 0 heterocycles. The van der Waals surface area contributed by atoms with Crippen molar-refractivity contribution in [2.75, 3.05) is 0 Å². The summed E-state index contributed by atoms with van der Waals surface area (Å²) in [5, 5.41) is 3.33. The van der Waals surface area contributed by atoms with Crippen LogP contribution in [0.4, 0.5) is 0 Å². The topological polar surface area (TPSA) is 29.1 Å². The molecule has 0 amide bonds. The number of aryl methyl sites for hydroxylation is 1. The van der Waals surface area contributed by atoms with Gasteiger partial charge in [0.1, 0.15) is 0 Å². The smallest absolute Gasteiger partial charge is 0.157 e. The second-order valence-corrected chi connectivity index (χ2v) is 4.33. The van der Waals surface area contributed by atoms with Crippen molar-refractivity contribution in [2.45, 2.75) is 32.7 Å². The molecule has 1 aliphatic carbocycles. The molecule has 0 saturated carbocycles. The standard InChI is InChI=1S/C14H17NO/c1-11-5-7-12(8-6-11)10-15-13-3-2-4-14(16)9-13/h5-9,15H,2-4,10H2,1H3. The second kappa shape index (κ2) is 4.97. The highest BCUT2D eigenvalue weighted by atomic mass is 16.1. The van der Waals surface area contributed by atoms with Crippen LogP contribution in [0, 0.1) is 6.92 Å². The summed E-state index contributed by atoms with van der Waals surface area (Å²) in [5.41, 5.74) is 3.61. The van der Waals surface area contributed by atoms with Crippen LogP contribution in [0.5, 0.6) is 0 Å². The highest BCUT2D eigenvalue weighted by Crippen LogP contribution is 2.13. The molecule has 0 unspecified atom stereocenters. The van der Waals surface area contributed by atoms with Gasteiger partial charge in [0, 0.05) is 24.7 Å². The van der Waals surface area contributed by atoms with Gasteiger partial charge in [0.25, 0.3) is 0 Å². The van der Waals surface area contributed by atoms with Crippen LogP contribution < -0.4 is 5.32 Å². The minimum absolute atomic E-state index is 0.248. The maximum Gasteiger partial charge on any atom is 0.157 e. The van der Waals surface area contributed by atoms with Crippen molar-refractivity contribution in [2.24, 2.45) is 0 Å². The van der Waals surface area contributed by atoms with Crippen molar-refractivity contribution in [1.82, 2.24) is 5.32 Å². The Morgan fingerprint density at radius 1 is 1.19 bits per heavy atom. The Hall–Kier alpha value is -1.57. The number of carbonyl (C=O) groups is 1. The number of hydrogen-bond donors (Lipinski definition) is 1. The zero-order valence-electron chi connectivity index (χ0n) is 9.62. The van der Waals surface area contributed by atoms with E-state index in [9.17, 15) is 4.79 Å². The van der Waals surface area contributed by atoms with E-state index < -0.39 is 0 Å². The van der Waals surface area contributed by atoms with E-state index in [4.69, 9.17) is 0 Å². The second-order valence-electron chi connectivity index (χ2n) is 4.33. The van der Waals surface area contributed by atoms with E-state index in [1.54, 1.807) is 6.08 Å². The van der Waals surface area contributed by atoms with Gasteiger partial charge in [0.2, 0.25) is 0 Å². The van der Waals surface area contributed by atoms with Crippen molar-refractivity contribution in [3.05, 3.63) is 47.2 Å². The zero-order chi connectivity index (χ0) is 11.4. The van der Waals surface area contributed by atoms with E-state index in [1.165, 1.54) is 11.1 Å². The summed E-state index contributed by atoms with van der Waals surface area (Å²) in [7, 11) is 0. The zero-order valence-corrected chi connectivity index (χ0v) is 9.62. The van der Waals surface area contributed by atoms with E-state index in [1.807, 2.05) is 0 Å². The first kappa shape index (κ1) is 10.9. The lowest BCUT2D eigenvalue weighted by molar-refractivity contribution is -0.115. The Morgan fingerprint density at radius 2 is 1.94 bits per heavy atom. The first-order valence-corrected chi connectivity index (χ1v) is 5.77. The van der Waals surface area contributed by atoms with Crippen LogP contribution in [-0.4, -0.2) is 5.78 Å². The summed E-state index contributed by atoms with van der Waals surface area (Å²) in [5.74, 6) is 0.248. The molecule has 1 aliphatic rings. The lowest BCUT2D eigenvalue weighted by Gasteiger charge is -2.14. The van der Waals surface area contributed by atoms with E-state index >= 15 is 0 Å². The van der Waals surface area contributed by atoms with Crippen LogP contribution in [0.2, 0.25) is 0 Å². The molecular weight excluding hydrogens is 198 g/mol. The summed E-state index contributed by atoms with van der Waals surface area (Å²) in [6, 6.07) is 8.45. The van der Waals surface area contributed by atoms with Gasteiger partial charge in [0.05, 0.1) is 0 Å². The number of nitrogens with one attached hydrogen (secondary N) is 1. The Balaban J connectivity index is 1.92. The molecule has 0 aromatic heterocycles. The predicted octanol–water partition coefficient (Wildman–Crippen LogP) is 2.72. The van der Waals surface area contributed by atoms with Crippen LogP contribution in [0.3, 0.4) is 0 Å². The van der Waals surface area contributed by atoms with Crippen molar-refractivity contribution in [3.63, 3.8) is 0 Å². The molecule has 0 fully saturated rings. The fourth-order valence-electron chi connectivity index (χ4n) is 1.85. The first-order valence-electron chi connectivity index (χ1n) is 5.77. The molecule has 0 radical (unpaired) electrons. The van der Waals surface area contributed by atoms with Gasteiger partial charge in [-0.3, -0.25) is 4.79 Å². The minimum atomic E-state index is 0.248. The van der Waals surface area contributed by atoms with E-state index in [0.717, 1.165) is 25.1 Å². The van der Waals surface area contributed by atoms with Crippen LogP contribution in [0.1, 0.15) is 30.4 Å². The van der Waals surface area contributed by atoms with Crippen molar-refractivity contribution in [3.8, 4) is 0 Å². The monoisotopic (exact) mass is 215 g/mol.